The van der Waals surface area contributed by atoms with E-state index in [0.717, 1.165) is 22.6 Å². The summed E-state index contributed by atoms with van der Waals surface area (Å²) < 4.78 is 5.73. The second-order valence-corrected chi connectivity index (χ2v) is 6.26. The number of aryl methyl sites for hydroxylation is 1. The number of benzene rings is 3. The number of hydrogen-bond acceptors (Lipinski definition) is 4. The molecule has 0 atom stereocenters. The molecule has 0 bridgehead atoms. The molecule has 136 valence electrons. The zero-order valence-corrected chi connectivity index (χ0v) is 15.3. The number of ether oxygens (including phenoxy) is 1. The van der Waals surface area contributed by atoms with Gasteiger partial charge in [-0.05, 0) is 78.6 Å². The van der Waals surface area contributed by atoms with E-state index >= 15 is 0 Å². The topological polar surface area (TPSA) is 64.7 Å². The fraction of sp³-hybridized carbons (Fsp3) is 0.136. The van der Waals surface area contributed by atoms with Crippen molar-refractivity contribution in [2.45, 2.75) is 20.5 Å². The van der Waals surface area contributed by atoms with E-state index in [2.05, 4.69) is 24.9 Å². The number of hydrogen-bond donors (Lipinski definition) is 0. The molecule has 0 aliphatic heterocycles. The highest BCUT2D eigenvalue weighted by molar-refractivity contribution is 5.82. The Bertz CT molecular complexity index is 962. The van der Waals surface area contributed by atoms with E-state index < -0.39 is 4.92 Å². The maximum absolute atomic E-state index is 10.7. The predicted molar refractivity (Wildman–Crippen MR) is 107 cm³/mol. The first-order chi connectivity index (χ1) is 13.0. The second kappa shape index (κ2) is 8.27. The van der Waals surface area contributed by atoms with Crippen molar-refractivity contribution in [3.8, 4) is 5.75 Å². The van der Waals surface area contributed by atoms with Crippen LogP contribution in [-0.4, -0.2) is 11.1 Å². The molecule has 0 N–H and O–H groups in total. The quantitative estimate of drug-likeness (QED) is 0.329. The van der Waals surface area contributed by atoms with Crippen LogP contribution in [0.3, 0.4) is 0 Å². The molecule has 0 radical (unpaired) electrons. The van der Waals surface area contributed by atoms with Crippen LogP contribution < -0.4 is 4.74 Å². The van der Waals surface area contributed by atoms with Crippen LogP contribution in [0.15, 0.2) is 71.7 Å². The van der Waals surface area contributed by atoms with Gasteiger partial charge in [-0.2, -0.15) is 0 Å². The molecule has 0 saturated heterocycles. The number of rotatable bonds is 6. The lowest BCUT2D eigenvalue weighted by Gasteiger charge is -2.06. The predicted octanol–water partition coefficient (Wildman–Crippen LogP) is 5.54. The van der Waals surface area contributed by atoms with Crippen molar-refractivity contribution < 1.29 is 9.66 Å². The van der Waals surface area contributed by atoms with Crippen LogP contribution in [0.1, 0.15) is 22.3 Å². The molecule has 3 aromatic carbocycles. The average Bonchev–Trinajstić information content (AvgIpc) is 2.68. The summed E-state index contributed by atoms with van der Waals surface area (Å²) in [5.74, 6) is 0.734. The zero-order valence-electron chi connectivity index (χ0n) is 15.3. The highest BCUT2D eigenvalue weighted by Crippen LogP contribution is 2.21. The fourth-order valence-corrected chi connectivity index (χ4v) is 2.55. The van der Waals surface area contributed by atoms with Gasteiger partial charge >= 0.3 is 0 Å². The number of nitro benzene ring substituents is 1. The van der Waals surface area contributed by atoms with Gasteiger partial charge in [-0.3, -0.25) is 15.1 Å². The van der Waals surface area contributed by atoms with Gasteiger partial charge in [0.25, 0.3) is 5.69 Å². The van der Waals surface area contributed by atoms with Gasteiger partial charge < -0.3 is 4.74 Å². The van der Waals surface area contributed by atoms with E-state index in [-0.39, 0.29) is 5.69 Å². The van der Waals surface area contributed by atoms with E-state index in [0.29, 0.717) is 6.61 Å². The number of nitro groups is 1. The summed E-state index contributed by atoms with van der Waals surface area (Å²) in [7, 11) is 0. The largest absolute Gasteiger partial charge is 0.489 e. The molecule has 3 aromatic rings. The van der Waals surface area contributed by atoms with Crippen molar-refractivity contribution in [1.29, 1.82) is 0 Å². The summed E-state index contributed by atoms with van der Waals surface area (Å²) in [5.41, 5.74) is 5.30. The molecular weight excluding hydrogens is 340 g/mol. The molecule has 0 heterocycles. The van der Waals surface area contributed by atoms with Crippen LogP contribution in [0.25, 0.3) is 0 Å². The average molecular weight is 360 g/mol. The third kappa shape index (κ3) is 4.79. The van der Waals surface area contributed by atoms with Crippen molar-refractivity contribution in [1.82, 2.24) is 0 Å². The Labute approximate surface area is 158 Å². The molecule has 0 aromatic heterocycles. The first-order valence-corrected chi connectivity index (χ1v) is 8.59. The maximum Gasteiger partial charge on any atom is 0.269 e. The van der Waals surface area contributed by atoms with Gasteiger partial charge in [0.15, 0.2) is 0 Å². The van der Waals surface area contributed by atoms with Gasteiger partial charge in [-0.25, -0.2) is 0 Å². The third-order valence-electron chi connectivity index (χ3n) is 4.36. The molecule has 5 heteroatoms. The van der Waals surface area contributed by atoms with Crippen molar-refractivity contribution >= 4 is 17.6 Å². The third-order valence-corrected chi connectivity index (χ3v) is 4.36. The molecule has 0 unspecified atom stereocenters. The number of non-ortho nitro benzene ring substituents is 1. The van der Waals surface area contributed by atoms with Gasteiger partial charge in [0, 0.05) is 18.3 Å². The smallest absolute Gasteiger partial charge is 0.269 e. The van der Waals surface area contributed by atoms with Crippen LogP contribution in [0.5, 0.6) is 5.75 Å². The van der Waals surface area contributed by atoms with Crippen molar-refractivity contribution in [2.24, 2.45) is 4.99 Å². The summed E-state index contributed by atoms with van der Waals surface area (Å²) in [5, 5.41) is 10.7. The molecule has 27 heavy (non-hydrogen) atoms. The monoisotopic (exact) mass is 360 g/mol. The summed E-state index contributed by atoms with van der Waals surface area (Å²) in [6, 6.07) is 20.1. The van der Waals surface area contributed by atoms with Gasteiger partial charge in [0.05, 0.1) is 10.6 Å². The van der Waals surface area contributed by atoms with Crippen molar-refractivity contribution in [2.75, 3.05) is 0 Å². The second-order valence-electron chi connectivity index (χ2n) is 6.26. The Balaban J connectivity index is 1.61. The first-order valence-electron chi connectivity index (χ1n) is 8.59. The Morgan fingerprint density at radius 1 is 1.00 bits per heavy atom. The highest BCUT2D eigenvalue weighted by Gasteiger charge is 2.04. The van der Waals surface area contributed by atoms with Crippen LogP contribution in [-0.2, 0) is 6.61 Å². The normalized spacial score (nSPS) is 10.9. The lowest BCUT2D eigenvalue weighted by Crippen LogP contribution is -1.96. The van der Waals surface area contributed by atoms with E-state index in [1.807, 2.05) is 42.6 Å². The van der Waals surface area contributed by atoms with Gasteiger partial charge in [0.2, 0.25) is 0 Å². The lowest BCUT2D eigenvalue weighted by molar-refractivity contribution is -0.384. The van der Waals surface area contributed by atoms with Crippen molar-refractivity contribution in [3.63, 3.8) is 0 Å². The van der Waals surface area contributed by atoms with E-state index in [9.17, 15) is 10.1 Å². The lowest BCUT2D eigenvalue weighted by atomic mass is 10.1. The minimum absolute atomic E-state index is 0.0752. The standard InChI is InChI=1S/C22H20N2O3/c1-16-4-3-5-22(17(16)2)23-14-18-8-12-21(13-9-18)27-15-19-6-10-20(11-7-19)24(25)26/h3-14H,15H2,1-2H3. The first kappa shape index (κ1) is 18.3. The van der Waals surface area contributed by atoms with Gasteiger partial charge in [-0.1, -0.05) is 12.1 Å². The molecule has 0 saturated carbocycles. The fourth-order valence-electron chi connectivity index (χ4n) is 2.55. The van der Waals surface area contributed by atoms with Crippen molar-refractivity contribution in [3.05, 3.63) is 99.1 Å². The number of aliphatic imine (C=N–C) groups is 1. The molecule has 3 rings (SSSR count). The minimum atomic E-state index is -0.414. The summed E-state index contributed by atoms with van der Waals surface area (Å²) >= 11 is 0. The molecular formula is C22H20N2O3. The molecule has 0 aliphatic carbocycles. The Kier molecular flexibility index (Phi) is 5.61. The van der Waals surface area contributed by atoms with Crippen LogP contribution in [0, 0.1) is 24.0 Å². The summed E-state index contributed by atoms with van der Waals surface area (Å²) in [6.45, 7) is 4.50. The Morgan fingerprint density at radius 3 is 2.37 bits per heavy atom. The molecule has 0 aliphatic rings. The van der Waals surface area contributed by atoms with Crippen LogP contribution in [0.4, 0.5) is 11.4 Å². The summed E-state index contributed by atoms with van der Waals surface area (Å²) in [6.07, 6.45) is 1.84. The summed E-state index contributed by atoms with van der Waals surface area (Å²) in [4.78, 5) is 14.8. The highest BCUT2D eigenvalue weighted by atomic mass is 16.6. The van der Waals surface area contributed by atoms with Crippen LogP contribution >= 0.6 is 0 Å². The molecule has 5 nitrogen and oxygen atoms in total. The Hall–Kier alpha value is -3.47. The van der Waals surface area contributed by atoms with E-state index in [1.165, 1.54) is 23.3 Å². The van der Waals surface area contributed by atoms with Crippen LogP contribution in [0.2, 0.25) is 0 Å². The van der Waals surface area contributed by atoms with Gasteiger partial charge in [0.1, 0.15) is 12.4 Å². The Morgan fingerprint density at radius 2 is 1.70 bits per heavy atom. The maximum atomic E-state index is 10.7. The SMILES string of the molecule is Cc1cccc(N=Cc2ccc(OCc3ccc([N+](=O)[O-])cc3)cc2)c1C. The van der Waals surface area contributed by atoms with E-state index in [4.69, 9.17) is 4.74 Å². The number of nitrogens with zero attached hydrogens (tertiary/aromatic N) is 2. The van der Waals surface area contributed by atoms with Gasteiger partial charge in [-0.15, -0.1) is 0 Å². The molecule has 0 spiro atoms. The minimum Gasteiger partial charge on any atom is -0.489 e. The molecule has 0 fully saturated rings. The molecule has 0 amide bonds. The van der Waals surface area contributed by atoms with E-state index in [1.54, 1.807) is 12.1 Å². The zero-order chi connectivity index (χ0) is 19.2.